The molecular formula is C13H17BrN2O2S. The van der Waals surface area contributed by atoms with Crippen LogP contribution in [0.1, 0.15) is 32.1 Å². The molecule has 19 heavy (non-hydrogen) atoms. The molecule has 0 bridgehead atoms. The molecule has 1 aliphatic rings. The van der Waals surface area contributed by atoms with Crippen LogP contribution in [-0.2, 0) is 16.1 Å². The van der Waals surface area contributed by atoms with Gasteiger partial charge in [0.15, 0.2) is 0 Å². The lowest BCUT2D eigenvalue weighted by Crippen LogP contribution is -2.53. The Kier molecular flexibility index (Phi) is 4.01. The molecule has 2 amide bonds. The zero-order valence-electron chi connectivity index (χ0n) is 11.2. The van der Waals surface area contributed by atoms with Crippen molar-refractivity contribution in [2.24, 2.45) is 0 Å². The van der Waals surface area contributed by atoms with Crippen molar-refractivity contribution in [2.45, 2.75) is 45.3 Å². The van der Waals surface area contributed by atoms with E-state index in [-0.39, 0.29) is 17.9 Å². The normalized spacial score (nSPS) is 23.2. The predicted molar refractivity (Wildman–Crippen MR) is 78.9 cm³/mol. The third-order valence-electron chi connectivity index (χ3n) is 3.22. The zero-order chi connectivity index (χ0) is 14.2. The van der Waals surface area contributed by atoms with Gasteiger partial charge in [-0.25, -0.2) is 0 Å². The van der Waals surface area contributed by atoms with Gasteiger partial charge in [-0.3, -0.25) is 9.59 Å². The summed E-state index contributed by atoms with van der Waals surface area (Å²) >= 11 is 5.03. The van der Waals surface area contributed by atoms with E-state index >= 15 is 0 Å². The second kappa shape index (κ2) is 5.25. The number of amides is 2. The summed E-state index contributed by atoms with van der Waals surface area (Å²) in [5.41, 5.74) is -0.837. The number of carbonyl (C=O) groups is 2. The Morgan fingerprint density at radius 3 is 2.74 bits per heavy atom. The van der Waals surface area contributed by atoms with Crippen LogP contribution >= 0.6 is 27.3 Å². The van der Waals surface area contributed by atoms with E-state index in [1.54, 1.807) is 30.1 Å². The maximum Gasteiger partial charge on any atom is 0.248 e. The van der Waals surface area contributed by atoms with E-state index in [1.165, 1.54) is 0 Å². The molecular weight excluding hydrogens is 328 g/mol. The Morgan fingerprint density at radius 2 is 2.16 bits per heavy atom. The van der Waals surface area contributed by atoms with Crippen LogP contribution in [0.15, 0.2) is 15.9 Å². The van der Waals surface area contributed by atoms with Crippen LogP contribution in [0.4, 0.5) is 0 Å². The molecule has 1 fully saturated rings. The van der Waals surface area contributed by atoms with Gasteiger partial charge in [-0.1, -0.05) is 0 Å². The summed E-state index contributed by atoms with van der Waals surface area (Å²) in [5, 5.41) is 2.78. The van der Waals surface area contributed by atoms with Gasteiger partial charge in [0.2, 0.25) is 11.8 Å². The Bertz CT molecular complexity index is 512. The number of rotatable bonds is 2. The maximum atomic E-state index is 12.5. The lowest BCUT2D eigenvalue weighted by molar-refractivity contribution is -0.139. The molecule has 1 saturated heterocycles. The fraction of sp³-hybridized carbons (Fsp3) is 0.538. The van der Waals surface area contributed by atoms with Crippen LogP contribution < -0.4 is 5.32 Å². The molecule has 104 valence electrons. The van der Waals surface area contributed by atoms with Crippen LogP contribution in [0.25, 0.3) is 0 Å². The Morgan fingerprint density at radius 1 is 1.47 bits per heavy atom. The minimum absolute atomic E-state index is 0.0321. The minimum Gasteiger partial charge on any atom is -0.342 e. The van der Waals surface area contributed by atoms with Gasteiger partial charge in [0.25, 0.3) is 0 Å². The van der Waals surface area contributed by atoms with Crippen molar-refractivity contribution in [1.29, 1.82) is 0 Å². The van der Waals surface area contributed by atoms with Gasteiger partial charge >= 0.3 is 0 Å². The van der Waals surface area contributed by atoms with E-state index < -0.39 is 5.54 Å². The SMILES string of the molecule is CC1CC(=O)NC(C)(C)C(=O)N1Cc1ccc(Br)s1. The predicted octanol–water partition coefficient (Wildman–Crippen LogP) is 2.53. The highest BCUT2D eigenvalue weighted by molar-refractivity contribution is 9.11. The van der Waals surface area contributed by atoms with Gasteiger partial charge in [-0.15, -0.1) is 11.3 Å². The van der Waals surface area contributed by atoms with Gasteiger partial charge in [-0.05, 0) is 48.8 Å². The van der Waals surface area contributed by atoms with E-state index in [2.05, 4.69) is 21.2 Å². The monoisotopic (exact) mass is 344 g/mol. The average Bonchev–Trinajstić information content (AvgIpc) is 2.66. The molecule has 1 aromatic heterocycles. The Labute approximate surface area is 125 Å². The van der Waals surface area contributed by atoms with Crippen LogP contribution in [0, 0.1) is 0 Å². The minimum atomic E-state index is -0.837. The maximum absolute atomic E-state index is 12.5. The second-order valence-corrected chi connectivity index (χ2v) is 7.91. The third kappa shape index (κ3) is 3.17. The number of halogens is 1. The molecule has 0 radical (unpaired) electrons. The molecule has 1 aromatic rings. The lowest BCUT2D eigenvalue weighted by Gasteiger charge is -2.31. The van der Waals surface area contributed by atoms with E-state index in [1.807, 2.05) is 19.1 Å². The molecule has 0 saturated carbocycles. The quantitative estimate of drug-likeness (QED) is 0.896. The topological polar surface area (TPSA) is 49.4 Å². The number of hydrogen-bond donors (Lipinski definition) is 1. The van der Waals surface area contributed by atoms with Crippen molar-refractivity contribution in [3.8, 4) is 0 Å². The molecule has 1 atom stereocenters. The van der Waals surface area contributed by atoms with Gasteiger partial charge in [0.1, 0.15) is 5.54 Å². The zero-order valence-corrected chi connectivity index (χ0v) is 13.6. The molecule has 0 aliphatic carbocycles. The molecule has 1 N–H and O–H groups in total. The van der Waals surface area contributed by atoms with Crippen molar-refractivity contribution >= 4 is 39.1 Å². The van der Waals surface area contributed by atoms with Crippen LogP contribution in [0.2, 0.25) is 0 Å². The standard InChI is InChI=1S/C13H17BrN2O2S/c1-8-6-11(17)15-13(2,3)12(18)16(8)7-9-4-5-10(14)19-9/h4-5,8H,6-7H2,1-3H3,(H,15,17). The molecule has 6 heteroatoms. The lowest BCUT2D eigenvalue weighted by atomic mass is 10.0. The van der Waals surface area contributed by atoms with Crippen molar-refractivity contribution < 1.29 is 9.59 Å². The van der Waals surface area contributed by atoms with Crippen molar-refractivity contribution in [3.05, 3.63) is 20.8 Å². The van der Waals surface area contributed by atoms with Crippen LogP contribution in [0.5, 0.6) is 0 Å². The second-order valence-electron chi connectivity index (χ2n) is 5.37. The largest absolute Gasteiger partial charge is 0.342 e. The summed E-state index contributed by atoms with van der Waals surface area (Å²) in [6, 6.07) is 3.89. The fourth-order valence-electron chi connectivity index (χ4n) is 2.22. The van der Waals surface area contributed by atoms with Gasteiger partial charge in [0.05, 0.1) is 10.3 Å². The van der Waals surface area contributed by atoms with E-state index in [0.29, 0.717) is 13.0 Å². The highest BCUT2D eigenvalue weighted by Crippen LogP contribution is 2.26. The highest BCUT2D eigenvalue weighted by atomic mass is 79.9. The van der Waals surface area contributed by atoms with Gasteiger partial charge < -0.3 is 10.2 Å². The van der Waals surface area contributed by atoms with Crippen LogP contribution in [0.3, 0.4) is 0 Å². The summed E-state index contributed by atoms with van der Waals surface area (Å²) < 4.78 is 1.05. The Hall–Kier alpha value is -0.880. The first-order valence-electron chi connectivity index (χ1n) is 6.16. The van der Waals surface area contributed by atoms with Gasteiger partial charge in [0, 0.05) is 17.3 Å². The summed E-state index contributed by atoms with van der Waals surface area (Å²) in [6.45, 7) is 5.97. The molecule has 2 rings (SSSR count). The number of nitrogens with one attached hydrogen (secondary N) is 1. The fourth-order valence-corrected chi connectivity index (χ4v) is 3.71. The number of nitrogens with zero attached hydrogens (tertiary/aromatic N) is 1. The first-order chi connectivity index (χ1) is 8.79. The van der Waals surface area contributed by atoms with Gasteiger partial charge in [-0.2, -0.15) is 0 Å². The first kappa shape index (κ1) is 14.5. The summed E-state index contributed by atoms with van der Waals surface area (Å²) in [7, 11) is 0. The molecule has 4 nitrogen and oxygen atoms in total. The van der Waals surface area contributed by atoms with E-state index in [9.17, 15) is 9.59 Å². The molecule has 0 aromatic carbocycles. The summed E-state index contributed by atoms with van der Waals surface area (Å²) in [5.74, 6) is -0.101. The number of thiophene rings is 1. The van der Waals surface area contributed by atoms with Crippen molar-refractivity contribution in [2.75, 3.05) is 0 Å². The number of carbonyl (C=O) groups excluding carboxylic acids is 2. The third-order valence-corrected chi connectivity index (χ3v) is 4.82. The Balaban J connectivity index is 2.25. The number of hydrogen-bond acceptors (Lipinski definition) is 3. The molecule has 0 spiro atoms. The van der Waals surface area contributed by atoms with Crippen LogP contribution in [-0.4, -0.2) is 28.3 Å². The van der Waals surface area contributed by atoms with Crippen molar-refractivity contribution in [1.82, 2.24) is 10.2 Å². The molecule has 1 aliphatic heterocycles. The molecule has 2 heterocycles. The molecule has 1 unspecified atom stereocenters. The summed E-state index contributed by atoms with van der Waals surface area (Å²) in [6.07, 6.45) is 0.349. The van der Waals surface area contributed by atoms with Crippen molar-refractivity contribution in [3.63, 3.8) is 0 Å². The summed E-state index contributed by atoms with van der Waals surface area (Å²) in [4.78, 5) is 27.2. The van der Waals surface area contributed by atoms with E-state index in [4.69, 9.17) is 0 Å². The highest BCUT2D eigenvalue weighted by Gasteiger charge is 2.39. The smallest absolute Gasteiger partial charge is 0.248 e. The first-order valence-corrected chi connectivity index (χ1v) is 7.77. The average molecular weight is 345 g/mol. The van der Waals surface area contributed by atoms with E-state index in [0.717, 1.165) is 8.66 Å².